The van der Waals surface area contributed by atoms with Crippen LogP contribution in [0, 0.1) is 18.7 Å². The van der Waals surface area contributed by atoms with E-state index >= 15 is 0 Å². The van der Waals surface area contributed by atoms with Crippen LogP contribution in [-0.4, -0.2) is 22.5 Å². The molecule has 0 fully saturated rings. The topological polar surface area (TPSA) is 66.4 Å². The molecule has 1 aliphatic carbocycles. The van der Waals surface area contributed by atoms with Gasteiger partial charge in [0.25, 0.3) is 5.91 Å². The number of hydrogen-bond acceptors (Lipinski definition) is 2. The molecule has 1 aliphatic rings. The molecule has 1 atom stereocenters. The third-order valence-corrected chi connectivity index (χ3v) is 5.18. The smallest absolute Gasteiger partial charge is 0.330 e. The van der Waals surface area contributed by atoms with Crippen LogP contribution >= 0.6 is 0 Å². The summed E-state index contributed by atoms with van der Waals surface area (Å²) in [7, 11) is 0. The maximum atomic E-state index is 13.5. The zero-order valence-corrected chi connectivity index (χ0v) is 15.8. The monoisotopic (exact) mass is 369 g/mol. The number of hydrogen-bond donors (Lipinski definition) is 2. The fraction of sp³-hybridized carbons (Fsp3) is 0.364. The third-order valence-electron chi connectivity index (χ3n) is 5.18. The van der Waals surface area contributed by atoms with E-state index in [1.165, 1.54) is 12.1 Å². The lowest BCUT2D eigenvalue weighted by Gasteiger charge is -2.26. The Labute approximate surface area is 158 Å². The van der Waals surface area contributed by atoms with E-state index in [9.17, 15) is 19.1 Å². The average molecular weight is 369 g/mol. The standard InChI is InChI=1S/C22H24FNO3/c1-13(2)9-19-14(3)5-4-6-18(19)20(25)24-22(21(26)27)11-15-7-8-17(23)10-16(15)12-22/h4-8,10,13H,9,11-12H2,1-3H3,(H,24,25)(H,26,27)/t22-/m1/s1. The quantitative estimate of drug-likeness (QED) is 0.845. The maximum Gasteiger partial charge on any atom is 0.330 e. The van der Waals surface area contributed by atoms with Gasteiger partial charge in [0.2, 0.25) is 0 Å². The van der Waals surface area contributed by atoms with Crippen molar-refractivity contribution < 1.29 is 19.1 Å². The second-order valence-electron chi connectivity index (χ2n) is 7.81. The van der Waals surface area contributed by atoms with E-state index in [0.29, 0.717) is 17.0 Å². The van der Waals surface area contributed by atoms with Crippen LogP contribution in [0.1, 0.15) is 46.5 Å². The first-order chi connectivity index (χ1) is 12.7. The molecule has 0 aliphatic heterocycles. The summed E-state index contributed by atoms with van der Waals surface area (Å²) in [5, 5.41) is 12.6. The Morgan fingerprint density at radius 1 is 1.19 bits per heavy atom. The number of carbonyl (C=O) groups excluding carboxylic acids is 1. The van der Waals surface area contributed by atoms with Gasteiger partial charge in [-0.15, -0.1) is 0 Å². The lowest BCUT2D eigenvalue weighted by atomic mass is 9.91. The summed E-state index contributed by atoms with van der Waals surface area (Å²) < 4.78 is 13.5. The number of fused-ring (bicyclic) bond motifs is 1. The fourth-order valence-corrected chi connectivity index (χ4v) is 3.82. The van der Waals surface area contributed by atoms with Gasteiger partial charge in [0.15, 0.2) is 0 Å². The molecule has 0 saturated carbocycles. The van der Waals surface area contributed by atoms with Gasteiger partial charge in [0.1, 0.15) is 11.4 Å². The molecular formula is C22H24FNO3. The van der Waals surface area contributed by atoms with Crippen molar-refractivity contribution in [3.63, 3.8) is 0 Å². The predicted molar refractivity (Wildman–Crippen MR) is 101 cm³/mol. The number of rotatable bonds is 5. The molecule has 142 valence electrons. The molecule has 27 heavy (non-hydrogen) atoms. The molecule has 2 aromatic carbocycles. The number of carboxylic acid groups (broad SMARTS) is 1. The van der Waals surface area contributed by atoms with Crippen molar-refractivity contribution in [1.29, 1.82) is 0 Å². The summed E-state index contributed by atoms with van der Waals surface area (Å²) in [4.78, 5) is 25.1. The number of benzene rings is 2. The van der Waals surface area contributed by atoms with Crippen LogP contribution in [0.4, 0.5) is 4.39 Å². The molecule has 5 heteroatoms. The first-order valence-corrected chi connectivity index (χ1v) is 9.13. The predicted octanol–water partition coefficient (Wildman–Crippen LogP) is 3.68. The first-order valence-electron chi connectivity index (χ1n) is 9.13. The van der Waals surface area contributed by atoms with Crippen LogP contribution in [0.15, 0.2) is 36.4 Å². The minimum Gasteiger partial charge on any atom is -0.479 e. The molecule has 3 rings (SSSR count). The highest BCUT2D eigenvalue weighted by Gasteiger charge is 2.45. The van der Waals surface area contributed by atoms with Crippen LogP contribution in [0.3, 0.4) is 0 Å². The van der Waals surface area contributed by atoms with E-state index in [2.05, 4.69) is 19.2 Å². The Hall–Kier alpha value is -2.69. The average Bonchev–Trinajstić information content (AvgIpc) is 2.94. The number of nitrogens with one attached hydrogen (secondary N) is 1. The van der Waals surface area contributed by atoms with Gasteiger partial charge in [-0.2, -0.15) is 0 Å². The summed E-state index contributed by atoms with van der Waals surface area (Å²) in [6.45, 7) is 6.11. The minimum absolute atomic E-state index is 0.0759. The van der Waals surface area contributed by atoms with Gasteiger partial charge in [-0.25, -0.2) is 9.18 Å². The van der Waals surface area contributed by atoms with Crippen molar-refractivity contribution in [2.24, 2.45) is 5.92 Å². The first kappa shape index (κ1) is 19.1. The van der Waals surface area contributed by atoms with Gasteiger partial charge in [-0.1, -0.05) is 32.0 Å². The molecule has 2 N–H and O–H groups in total. The minimum atomic E-state index is -1.45. The van der Waals surface area contributed by atoms with Crippen LogP contribution in [-0.2, 0) is 24.1 Å². The number of carbonyl (C=O) groups is 2. The van der Waals surface area contributed by atoms with Crippen molar-refractivity contribution in [2.75, 3.05) is 0 Å². The molecule has 0 saturated heterocycles. The third kappa shape index (κ3) is 3.72. The molecule has 2 aromatic rings. The summed E-state index contributed by atoms with van der Waals surface area (Å²) in [5.41, 5.74) is 2.39. The van der Waals surface area contributed by atoms with Crippen LogP contribution in [0.25, 0.3) is 0 Å². The summed E-state index contributed by atoms with van der Waals surface area (Å²) in [5.74, 6) is -1.54. The fourth-order valence-electron chi connectivity index (χ4n) is 3.82. The lowest BCUT2D eigenvalue weighted by Crippen LogP contribution is -2.55. The number of aryl methyl sites for hydroxylation is 1. The van der Waals surface area contributed by atoms with Crippen LogP contribution in [0.2, 0.25) is 0 Å². The molecule has 0 unspecified atom stereocenters. The van der Waals surface area contributed by atoms with Crippen molar-refractivity contribution >= 4 is 11.9 Å². The van der Waals surface area contributed by atoms with E-state index < -0.39 is 23.2 Å². The van der Waals surface area contributed by atoms with E-state index in [0.717, 1.165) is 23.1 Å². The van der Waals surface area contributed by atoms with Crippen molar-refractivity contribution in [3.05, 3.63) is 70.0 Å². The highest BCUT2D eigenvalue weighted by molar-refractivity contribution is 5.99. The van der Waals surface area contributed by atoms with Crippen molar-refractivity contribution in [1.82, 2.24) is 5.32 Å². The normalized spacial score (nSPS) is 18.4. The summed E-state index contributed by atoms with van der Waals surface area (Å²) in [6.07, 6.45) is 0.961. The molecular weight excluding hydrogens is 345 g/mol. The van der Waals surface area contributed by atoms with Crippen LogP contribution in [0.5, 0.6) is 0 Å². The number of carboxylic acids is 1. The lowest BCUT2D eigenvalue weighted by molar-refractivity contribution is -0.144. The number of amides is 1. The largest absolute Gasteiger partial charge is 0.479 e. The van der Waals surface area contributed by atoms with Crippen LogP contribution < -0.4 is 5.32 Å². The number of aliphatic carboxylic acids is 1. The van der Waals surface area contributed by atoms with Gasteiger partial charge in [-0.05, 0) is 59.7 Å². The SMILES string of the molecule is Cc1cccc(C(=O)N[C@]2(C(=O)O)Cc3ccc(F)cc3C2)c1CC(C)C. The second-order valence-corrected chi connectivity index (χ2v) is 7.81. The van der Waals surface area contributed by atoms with Gasteiger partial charge < -0.3 is 10.4 Å². The maximum absolute atomic E-state index is 13.5. The van der Waals surface area contributed by atoms with Crippen molar-refractivity contribution in [2.45, 2.75) is 45.6 Å². The van der Waals surface area contributed by atoms with Crippen molar-refractivity contribution in [3.8, 4) is 0 Å². The molecule has 0 radical (unpaired) electrons. The van der Waals surface area contributed by atoms with Gasteiger partial charge in [0.05, 0.1) is 0 Å². The zero-order chi connectivity index (χ0) is 19.8. The Morgan fingerprint density at radius 2 is 1.89 bits per heavy atom. The van der Waals surface area contributed by atoms with Gasteiger partial charge in [-0.3, -0.25) is 4.79 Å². The van der Waals surface area contributed by atoms with E-state index in [1.807, 2.05) is 13.0 Å². The van der Waals surface area contributed by atoms with Gasteiger partial charge >= 0.3 is 5.97 Å². The molecule has 0 aromatic heterocycles. The zero-order valence-electron chi connectivity index (χ0n) is 15.8. The highest BCUT2D eigenvalue weighted by Crippen LogP contribution is 2.32. The highest BCUT2D eigenvalue weighted by atomic mass is 19.1. The Kier molecular flexibility index (Phi) is 5.05. The molecule has 1 amide bonds. The Bertz CT molecular complexity index is 906. The van der Waals surface area contributed by atoms with E-state index in [1.54, 1.807) is 18.2 Å². The molecule has 0 spiro atoms. The summed E-state index contributed by atoms with van der Waals surface area (Å²) in [6, 6.07) is 9.76. The Balaban J connectivity index is 1.93. The molecule has 0 heterocycles. The molecule has 4 nitrogen and oxygen atoms in total. The van der Waals surface area contributed by atoms with E-state index in [4.69, 9.17) is 0 Å². The second kappa shape index (κ2) is 7.14. The molecule has 0 bridgehead atoms. The summed E-state index contributed by atoms with van der Waals surface area (Å²) >= 11 is 0. The van der Waals surface area contributed by atoms with E-state index in [-0.39, 0.29) is 12.8 Å². The Morgan fingerprint density at radius 3 is 2.56 bits per heavy atom. The number of halogens is 1. The van der Waals surface area contributed by atoms with Gasteiger partial charge in [0, 0.05) is 18.4 Å².